The molecule has 1 aliphatic rings. The Bertz CT molecular complexity index is 830. The lowest BCUT2D eigenvalue weighted by molar-refractivity contribution is -0.131. The van der Waals surface area contributed by atoms with Gasteiger partial charge in [0.2, 0.25) is 0 Å². The molecule has 5 nitrogen and oxygen atoms in total. The smallest absolute Gasteiger partial charge is 0.319 e. The number of nitrogens with zero attached hydrogens (tertiary/aromatic N) is 1. The van der Waals surface area contributed by atoms with E-state index in [0.29, 0.717) is 12.0 Å². The first kappa shape index (κ1) is 17.9. The lowest BCUT2D eigenvalue weighted by atomic mass is 9.87. The van der Waals surface area contributed by atoms with E-state index in [2.05, 4.69) is 5.32 Å². The molecule has 26 heavy (non-hydrogen) atoms. The van der Waals surface area contributed by atoms with E-state index in [1.165, 1.54) is 0 Å². The number of ketones is 1. The maximum atomic E-state index is 13.0. The molecule has 1 heterocycles. The summed E-state index contributed by atoms with van der Waals surface area (Å²) in [5.41, 5.74) is 1.25. The fourth-order valence-electron chi connectivity index (χ4n) is 3.29. The van der Waals surface area contributed by atoms with E-state index < -0.39 is 11.6 Å². The van der Waals surface area contributed by atoms with Crippen molar-refractivity contribution in [2.45, 2.75) is 32.2 Å². The molecule has 1 aliphatic heterocycles. The molecule has 0 aliphatic carbocycles. The quantitative estimate of drug-likeness (QED) is 0.642. The standard InChI is InChI=1S/C21H22N2O3/c1-3-15-10-12-16(13-11-15)18(24)14-23-19(25)21(4-2,22-20(23)26)17-8-6-5-7-9-17/h5-13H,3-4,14H2,1-2H3,(H,22,26)/t21-/m0/s1. The van der Waals surface area contributed by atoms with Gasteiger partial charge in [-0.1, -0.05) is 68.4 Å². The first-order valence-electron chi connectivity index (χ1n) is 8.83. The van der Waals surface area contributed by atoms with Crippen LogP contribution in [0.15, 0.2) is 54.6 Å². The average molecular weight is 350 g/mol. The van der Waals surface area contributed by atoms with Crippen molar-refractivity contribution in [2.24, 2.45) is 0 Å². The number of carbonyl (C=O) groups is 3. The molecule has 1 saturated heterocycles. The minimum absolute atomic E-state index is 0.254. The maximum absolute atomic E-state index is 13.0. The Labute approximate surface area is 153 Å². The zero-order valence-corrected chi connectivity index (χ0v) is 15.0. The van der Waals surface area contributed by atoms with Crippen LogP contribution in [-0.4, -0.2) is 29.2 Å². The van der Waals surface area contributed by atoms with Crippen molar-refractivity contribution in [3.8, 4) is 0 Å². The van der Waals surface area contributed by atoms with Gasteiger partial charge in [-0.15, -0.1) is 0 Å². The van der Waals surface area contributed by atoms with Crippen LogP contribution in [0.4, 0.5) is 4.79 Å². The minimum Gasteiger partial charge on any atom is -0.319 e. The third-order valence-corrected chi connectivity index (χ3v) is 4.96. The van der Waals surface area contributed by atoms with Gasteiger partial charge in [0, 0.05) is 5.56 Å². The van der Waals surface area contributed by atoms with Crippen LogP contribution in [0, 0.1) is 0 Å². The molecule has 0 aromatic heterocycles. The minimum atomic E-state index is -1.11. The zero-order valence-electron chi connectivity index (χ0n) is 15.0. The first-order valence-corrected chi connectivity index (χ1v) is 8.83. The van der Waals surface area contributed by atoms with Gasteiger partial charge in [0.1, 0.15) is 5.54 Å². The van der Waals surface area contributed by atoms with Crippen molar-refractivity contribution in [1.82, 2.24) is 10.2 Å². The fraction of sp³-hybridized carbons (Fsp3) is 0.286. The molecule has 1 fully saturated rings. The van der Waals surface area contributed by atoms with Gasteiger partial charge in [-0.25, -0.2) is 4.79 Å². The normalized spacial score (nSPS) is 19.5. The Hall–Kier alpha value is -2.95. The van der Waals surface area contributed by atoms with Gasteiger partial charge in [0.25, 0.3) is 5.91 Å². The van der Waals surface area contributed by atoms with E-state index in [0.717, 1.165) is 22.4 Å². The number of urea groups is 1. The summed E-state index contributed by atoms with van der Waals surface area (Å²) in [6, 6.07) is 15.9. The van der Waals surface area contributed by atoms with Gasteiger partial charge in [-0.3, -0.25) is 14.5 Å². The van der Waals surface area contributed by atoms with Gasteiger partial charge in [0.05, 0.1) is 6.54 Å². The van der Waals surface area contributed by atoms with Crippen molar-refractivity contribution in [2.75, 3.05) is 6.54 Å². The number of aryl methyl sites for hydroxylation is 1. The molecule has 0 bridgehead atoms. The van der Waals surface area contributed by atoms with Crippen molar-refractivity contribution in [3.05, 3.63) is 71.3 Å². The number of rotatable bonds is 6. The monoisotopic (exact) mass is 350 g/mol. The summed E-state index contributed by atoms with van der Waals surface area (Å²) >= 11 is 0. The molecule has 5 heteroatoms. The second-order valence-electron chi connectivity index (χ2n) is 6.42. The van der Waals surface area contributed by atoms with Gasteiger partial charge >= 0.3 is 6.03 Å². The molecule has 0 radical (unpaired) electrons. The Morgan fingerprint density at radius 3 is 2.23 bits per heavy atom. The molecule has 1 N–H and O–H groups in total. The van der Waals surface area contributed by atoms with E-state index in [1.807, 2.05) is 56.3 Å². The Morgan fingerprint density at radius 2 is 1.65 bits per heavy atom. The van der Waals surface area contributed by atoms with Crippen molar-refractivity contribution in [1.29, 1.82) is 0 Å². The first-order chi connectivity index (χ1) is 12.5. The summed E-state index contributed by atoms with van der Waals surface area (Å²) in [6.45, 7) is 3.63. The molecular weight excluding hydrogens is 328 g/mol. The number of hydrogen-bond acceptors (Lipinski definition) is 3. The van der Waals surface area contributed by atoms with Crippen LogP contribution in [-0.2, 0) is 16.8 Å². The highest BCUT2D eigenvalue weighted by Gasteiger charge is 2.51. The van der Waals surface area contributed by atoms with E-state index in [4.69, 9.17) is 0 Å². The Kier molecular flexibility index (Phi) is 4.89. The number of amides is 3. The number of nitrogens with one attached hydrogen (secondary N) is 1. The number of benzene rings is 2. The predicted octanol–water partition coefficient (Wildman–Crippen LogP) is 3.29. The molecule has 2 aromatic rings. The summed E-state index contributed by atoms with van der Waals surface area (Å²) in [5, 5.41) is 2.79. The second kappa shape index (κ2) is 7.12. The van der Waals surface area contributed by atoms with Gasteiger partial charge in [0.15, 0.2) is 5.78 Å². The second-order valence-corrected chi connectivity index (χ2v) is 6.42. The topological polar surface area (TPSA) is 66.5 Å². The molecule has 3 amide bonds. The van der Waals surface area contributed by atoms with Crippen LogP contribution in [0.25, 0.3) is 0 Å². The fourth-order valence-corrected chi connectivity index (χ4v) is 3.29. The highest BCUT2D eigenvalue weighted by molar-refractivity contribution is 6.11. The summed E-state index contributed by atoms with van der Waals surface area (Å²) in [5.74, 6) is -0.633. The molecule has 0 spiro atoms. The Morgan fingerprint density at radius 1 is 1.00 bits per heavy atom. The Balaban J connectivity index is 1.83. The largest absolute Gasteiger partial charge is 0.325 e. The highest BCUT2D eigenvalue weighted by Crippen LogP contribution is 2.32. The highest BCUT2D eigenvalue weighted by atomic mass is 16.2. The van der Waals surface area contributed by atoms with Crippen molar-refractivity contribution >= 4 is 17.7 Å². The van der Waals surface area contributed by atoms with E-state index in [-0.39, 0.29) is 18.2 Å². The molecule has 1 atom stereocenters. The zero-order chi connectivity index (χ0) is 18.7. The molecular formula is C21H22N2O3. The van der Waals surface area contributed by atoms with Crippen LogP contribution >= 0.6 is 0 Å². The summed E-state index contributed by atoms with van der Waals surface area (Å²) in [6.07, 6.45) is 1.30. The summed E-state index contributed by atoms with van der Waals surface area (Å²) in [7, 11) is 0. The predicted molar refractivity (Wildman–Crippen MR) is 98.8 cm³/mol. The molecule has 0 unspecified atom stereocenters. The molecule has 134 valence electrons. The summed E-state index contributed by atoms with van der Waals surface area (Å²) < 4.78 is 0. The third kappa shape index (κ3) is 3.01. The number of Topliss-reactive ketones (excluding diaryl/α,β-unsaturated/α-hetero) is 1. The van der Waals surface area contributed by atoms with Gasteiger partial charge in [-0.05, 0) is 24.0 Å². The molecule has 3 rings (SSSR count). The number of imide groups is 1. The third-order valence-electron chi connectivity index (χ3n) is 4.96. The van der Waals surface area contributed by atoms with Gasteiger partial charge in [-0.2, -0.15) is 0 Å². The van der Waals surface area contributed by atoms with Crippen molar-refractivity contribution < 1.29 is 14.4 Å². The maximum Gasteiger partial charge on any atom is 0.325 e. The van der Waals surface area contributed by atoms with Crippen LogP contribution in [0.5, 0.6) is 0 Å². The number of carbonyl (C=O) groups excluding carboxylic acids is 3. The molecule has 2 aromatic carbocycles. The summed E-state index contributed by atoms with van der Waals surface area (Å²) in [4.78, 5) is 39.0. The lowest BCUT2D eigenvalue weighted by Gasteiger charge is -2.25. The van der Waals surface area contributed by atoms with Crippen LogP contribution in [0.1, 0.15) is 41.8 Å². The van der Waals surface area contributed by atoms with Gasteiger partial charge < -0.3 is 5.32 Å². The van der Waals surface area contributed by atoms with Crippen LogP contribution in [0.3, 0.4) is 0 Å². The SMILES string of the molecule is CCc1ccc(C(=O)CN2C(=O)N[C@@](CC)(c3ccccc3)C2=O)cc1. The van der Waals surface area contributed by atoms with Crippen molar-refractivity contribution in [3.63, 3.8) is 0 Å². The van der Waals surface area contributed by atoms with E-state index in [9.17, 15) is 14.4 Å². The van der Waals surface area contributed by atoms with E-state index >= 15 is 0 Å². The van der Waals surface area contributed by atoms with Crippen LogP contribution < -0.4 is 5.32 Å². The molecule has 0 saturated carbocycles. The number of hydrogen-bond donors (Lipinski definition) is 1. The lowest BCUT2D eigenvalue weighted by Crippen LogP contribution is -2.43. The van der Waals surface area contributed by atoms with E-state index in [1.54, 1.807) is 12.1 Å². The van der Waals surface area contributed by atoms with Crippen LogP contribution in [0.2, 0.25) is 0 Å². The average Bonchev–Trinajstić information content (AvgIpc) is 2.93.